The van der Waals surface area contributed by atoms with E-state index < -0.39 is 0 Å². The summed E-state index contributed by atoms with van der Waals surface area (Å²) in [4.78, 5) is 17.1. The Bertz CT molecular complexity index is 1160. The Morgan fingerprint density at radius 3 is 2.66 bits per heavy atom. The summed E-state index contributed by atoms with van der Waals surface area (Å²) in [5.41, 5.74) is 4.43. The summed E-state index contributed by atoms with van der Waals surface area (Å²) in [6.45, 7) is 2.37. The molecule has 0 bridgehead atoms. The molecule has 5 nitrogen and oxygen atoms in total. The van der Waals surface area contributed by atoms with Crippen molar-refractivity contribution in [2.45, 2.75) is 13.5 Å². The molecule has 4 aromatic rings. The van der Waals surface area contributed by atoms with E-state index in [1.807, 2.05) is 43.3 Å². The second kappa shape index (κ2) is 7.97. The molecule has 1 heterocycles. The van der Waals surface area contributed by atoms with E-state index in [4.69, 9.17) is 20.8 Å². The zero-order valence-corrected chi connectivity index (χ0v) is 16.8. The van der Waals surface area contributed by atoms with E-state index in [0.29, 0.717) is 34.1 Å². The first-order valence-electron chi connectivity index (χ1n) is 9.12. The van der Waals surface area contributed by atoms with Crippen LogP contribution in [0.5, 0.6) is 5.75 Å². The van der Waals surface area contributed by atoms with Crippen molar-refractivity contribution in [2.75, 3.05) is 7.11 Å². The van der Waals surface area contributed by atoms with E-state index in [1.165, 1.54) is 0 Å². The molecule has 0 aliphatic carbocycles. The van der Waals surface area contributed by atoms with Gasteiger partial charge in [0.05, 0.1) is 17.7 Å². The highest BCUT2D eigenvalue weighted by Crippen LogP contribution is 2.32. The zero-order chi connectivity index (χ0) is 20.4. The van der Waals surface area contributed by atoms with Gasteiger partial charge in [0.1, 0.15) is 11.3 Å². The fourth-order valence-corrected chi connectivity index (χ4v) is 3.41. The Labute approximate surface area is 173 Å². The number of amides is 1. The summed E-state index contributed by atoms with van der Waals surface area (Å²) in [6, 6.07) is 18.4. The number of hydrogen-bond donors (Lipinski definition) is 1. The van der Waals surface area contributed by atoms with Gasteiger partial charge in [0.2, 0.25) is 5.89 Å². The van der Waals surface area contributed by atoms with Gasteiger partial charge in [-0.2, -0.15) is 0 Å². The number of methoxy groups -OCH3 is 1. The van der Waals surface area contributed by atoms with Crippen molar-refractivity contribution >= 4 is 28.6 Å². The van der Waals surface area contributed by atoms with Gasteiger partial charge in [-0.15, -0.1) is 0 Å². The quantitative estimate of drug-likeness (QED) is 0.482. The minimum Gasteiger partial charge on any atom is -0.497 e. The van der Waals surface area contributed by atoms with Crippen LogP contribution >= 0.6 is 11.6 Å². The lowest BCUT2D eigenvalue weighted by Crippen LogP contribution is -2.22. The van der Waals surface area contributed by atoms with Crippen molar-refractivity contribution in [3.8, 4) is 17.2 Å². The Hall–Kier alpha value is -3.31. The predicted octanol–water partition coefficient (Wildman–Crippen LogP) is 5.40. The van der Waals surface area contributed by atoms with Crippen LogP contribution in [0.25, 0.3) is 22.6 Å². The second-order valence-electron chi connectivity index (χ2n) is 6.66. The van der Waals surface area contributed by atoms with Crippen LogP contribution in [0.2, 0.25) is 5.02 Å². The van der Waals surface area contributed by atoms with Gasteiger partial charge in [-0.1, -0.05) is 35.9 Å². The van der Waals surface area contributed by atoms with Gasteiger partial charge in [0, 0.05) is 12.1 Å². The third-order valence-corrected chi connectivity index (χ3v) is 5.01. The summed E-state index contributed by atoms with van der Waals surface area (Å²) < 4.78 is 11.0. The second-order valence-corrected chi connectivity index (χ2v) is 7.07. The number of fused-ring (bicyclic) bond motifs is 1. The molecule has 29 heavy (non-hydrogen) atoms. The number of aromatic nitrogens is 1. The monoisotopic (exact) mass is 406 g/mol. The first-order valence-corrected chi connectivity index (χ1v) is 9.50. The SMILES string of the molecule is COc1ccc(CNC(=O)c2ccc3nc(-c4c(C)cccc4Cl)oc3c2)cc1. The number of oxazole rings is 1. The number of hydrogen-bond acceptors (Lipinski definition) is 4. The molecule has 6 heteroatoms. The summed E-state index contributed by atoms with van der Waals surface area (Å²) in [5, 5.41) is 3.49. The van der Waals surface area contributed by atoms with Gasteiger partial charge in [-0.25, -0.2) is 4.98 Å². The molecule has 0 atom stereocenters. The van der Waals surface area contributed by atoms with Crippen molar-refractivity contribution < 1.29 is 13.9 Å². The average molecular weight is 407 g/mol. The first kappa shape index (κ1) is 19.0. The van der Waals surface area contributed by atoms with Gasteiger partial charge < -0.3 is 14.5 Å². The maximum Gasteiger partial charge on any atom is 0.251 e. The molecule has 146 valence electrons. The number of halogens is 1. The molecule has 4 rings (SSSR count). The molecule has 1 aromatic heterocycles. The summed E-state index contributed by atoms with van der Waals surface area (Å²) in [5.74, 6) is 1.04. The molecule has 0 aliphatic heterocycles. The minimum absolute atomic E-state index is 0.186. The van der Waals surface area contributed by atoms with Crippen LogP contribution in [-0.4, -0.2) is 18.0 Å². The molecular weight excluding hydrogens is 388 g/mol. The Morgan fingerprint density at radius 1 is 1.14 bits per heavy atom. The summed E-state index contributed by atoms with van der Waals surface area (Å²) in [6.07, 6.45) is 0. The van der Waals surface area contributed by atoms with Crippen molar-refractivity contribution in [1.29, 1.82) is 0 Å². The lowest BCUT2D eigenvalue weighted by atomic mass is 10.1. The molecule has 1 amide bonds. The molecular formula is C23H19ClN2O3. The van der Waals surface area contributed by atoms with Crippen molar-refractivity contribution in [3.05, 3.63) is 82.4 Å². The normalized spacial score (nSPS) is 10.9. The molecule has 0 aliphatic rings. The van der Waals surface area contributed by atoms with E-state index in [-0.39, 0.29) is 5.91 Å². The van der Waals surface area contributed by atoms with Crippen LogP contribution in [0.4, 0.5) is 0 Å². The van der Waals surface area contributed by atoms with Crippen molar-refractivity contribution in [3.63, 3.8) is 0 Å². The molecule has 0 saturated carbocycles. The van der Waals surface area contributed by atoms with Gasteiger partial charge in [0.25, 0.3) is 5.91 Å². The standard InChI is InChI=1S/C23H19ClN2O3/c1-14-4-3-5-18(24)21(14)23-26-19-11-8-16(12-20(19)29-23)22(27)25-13-15-6-9-17(28-2)10-7-15/h3-12H,13H2,1-2H3,(H,25,27). The number of carbonyl (C=O) groups is 1. The number of ether oxygens (including phenoxy) is 1. The number of benzene rings is 3. The smallest absolute Gasteiger partial charge is 0.251 e. The molecule has 0 unspecified atom stereocenters. The number of carbonyl (C=O) groups excluding carboxylic acids is 1. The van der Waals surface area contributed by atoms with Crippen LogP contribution in [0, 0.1) is 6.92 Å². The number of nitrogens with one attached hydrogen (secondary N) is 1. The van der Waals surface area contributed by atoms with E-state index in [1.54, 1.807) is 31.4 Å². The Morgan fingerprint density at radius 2 is 1.93 bits per heavy atom. The molecule has 3 aromatic carbocycles. The first-order chi connectivity index (χ1) is 14.0. The zero-order valence-electron chi connectivity index (χ0n) is 16.0. The highest BCUT2D eigenvalue weighted by atomic mass is 35.5. The fraction of sp³-hybridized carbons (Fsp3) is 0.130. The predicted molar refractivity (Wildman–Crippen MR) is 113 cm³/mol. The van der Waals surface area contributed by atoms with Crippen LogP contribution in [0.15, 0.2) is 65.1 Å². The average Bonchev–Trinajstić information content (AvgIpc) is 3.15. The van der Waals surface area contributed by atoms with E-state index in [2.05, 4.69) is 10.3 Å². The lowest BCUT2D eigenvalue weighted by molar-refractivity contribution is 0.0951. The van der Waals surface area contributed by atoms with Crippen molar-refractivity contribution in [1.82, 2.24) is 10.3 Å². The van der Waals surface area contributed by atoms with Gasteiger partial charge in [0.15, 0.2) is 5.58 Å². The highest BCUT2D eigenvalue weighted by Gasteiger charge is 2.15. The van der Waals surface area contributed by atoms with Crippen LogP contribution in [-0.2, 0) is 6.54 Å². The maximum absolute atomic E-state index is 12.6. The molecule has 0 radical (unpaired) electrons. The lowest BCUT2D eigenvalue weighted by Gasteiger charge is -2.06. The fourth-order valence-electron chi connectivity index (χ4n) is 3.10. The molecule has 0 spiro atoms. The molecule has 0 saturated heterocycles. The van der Waals surface area contributed by atoms with Crippen molar-refractivity contribution in [2.24, 2.45) is 0 Å². The Balaban J connectivity index is 1.54. The van der Waals surface area contributed by atoms with E-state index in [0.717, 1.165) is 22.4 Å². The third kappa shape index (κ3) is 3.96. The molecule has 1 N–H and O–H groups in total. The molecule has 0 fully saturated rings. The maximum atomic E-state index is 12.6. The van der Waals surface area contributed by atoms with Crippen LogP contribution in [0.3, 0.4) is 0 Å². The Kier molecular flexibility index (Phi) is 5.23. The van der Waals surface area contributed by atoms with Gasteiger partial charge in [-0.3, -0.25) is 4.79 Å². The van der Waals surface area contributed by atoms with Gasteiger partial charge in [-0.05, 0) is 54.4 Å². The topological polar surface area (TPSA) is 64.4 Å². The van der Waals surface area contributed by atoms with E-state index >= 15 is 0 Å². The minimum atomic E-state index is -0.186. The number of rotatable bonds is 5. The third-order valence-electron chi connectivity index (χ3n) is 4.70. The number of nitrogens with zero attached hydrogens (tertiary/aromatic N) is 1. The largest absolute Gasteiger partial charge is 0.497 e. The summed E-state index contributed by atoms with van der Waals surface area (Å²) in [7, 11) is 1.62. The number of aryl methyl sites for hydroxylation is 1. The van der Waals surface area contributed by atoms with E-state index in [9.17, 15) is 4.79 Å². The van der Waals surface area contributed by atoms with Gasteiger partial charge >= 0.3 is 0 Å². The summed E-state index contributed by atoms with van der Waals surface area (Å²) >= 11 is 6.32. The van der Waals surface area contributed by atoms with Crippen LogP contribution < -0.4 is 10.1 Å². The highest BCUT2D eigenvalue weighted by molar-refractivity contribution is 6.33. The van der Waals surface area contributed by atoms with Crippen LogP contribution in [0.1, 0.15) is 21.5 Å².